The summed E-state index contributed by atoms with van der Waals surface area (Å²) < 4.78 is 17.1. The number of fused-ring (bicyclic) bond motifs is 5. The van der Waals surface area contributed by atoms with Gasteiger partial charge in [-0.15, -0.1) is 68.0 Å². The molecule has 0 radical (unpaired) electrons. The number of nitriles is 2. The van der Waals surface area contributed by atoms with Gasteiger partial charge in [0.1, 0.15) is 32.9 Å². The highest BCUT2D eigenvalue weighted by atomic mass is 32.1. The fourth-order valence-corrected chi connectivity index (χ4v) is 11.9. The van der Waals surface area contributed by atoms with Gasteiger partial charge in [0.2, 0.25) is 11.8 Å². The predicted octanol–water partition coefficient (Wildman–Crippen LogP) is 12.2. The van der Waals surface area contributed by atoms with E-state index in [0.29, 0.717) is 11.8 Å². The molecule has 0 fully saturated rings. The molecule has 0 aliphatic heterocycles. The molecule has 2 aromatic carbocycles. The second-order valence-electron chi connectivity index (χ2n) is 10.5. The van der Waals surface area contributed by atoms with Crippen LogP contribution in [0.25, 0.3) is 92.8 Å². The van der Waals surface area contributed by atoms with Crippen LogP contribution in [0.2, 0.25) is 0 Å². The molecule has 10 rings (SSSR count). The van der Waals surface area contributed by atoms with Crippen LogP contribution in [0.5, 0.6) is 0 Å². The SMILES string of the molecule is N#Cc1cc2sc(-c3ccc(-c4nc5cc6cc7oc(-c8ccc(-c9cc%10sc(C#N)cc%10s9)s8)nc7cc6cc5o4)s3)cc2s1. The summed E-state index contributed by atoms with van der Waals surface area (Å²) in [6.07, 6.45) is 0. The zero-order chi connectivity index (χ0) is 30.5. The number of aromatic nitrogens is 2. The van der Waals surface area contributed by atoms with Crippen LogP contribution in [0.15, 0.2) is 81.6 Å². The molecule has 0 N–H and O–H groups in total. The molecule has 10 aromatic rings. The highest BCUT2D eigenvalue weighted by Crippen LogP contribution is 2.44. The van der Waals surface area contributed by atoms with Crippen molar-refractivity contribution in [3.8, 4) is 53.2 Å². The lowest BCUT2D eigenvalue weighted by atomic mass is 10.1. The molecular formula is C34H12N4O2S6. The number of rotatable bonds is 4. The molecule has 0 aliphatic rings. The number of benzene rings is 2. The maximum atomic E-state index is 9.18. The molecule has 0 amide bonds. The fraction of sp³-hybridized carbons (Fsp3) is 0. The minimum Gasteiger partial charge on any atom is -0.435 e. The van der Waals surface area contributed by atoms with E-state index in [9.17, 15) is 10.5 Å². The van der Waals surface area contributed by atoms with Gasteiger partial charge < -0.3 is 8.83 Å². The molecule has 46 heavy (non-hydrogen) atoms. The van der Waals surface area contributed by atoms with Crippen molar-refractivity contribution < 1.29 is 8.83 Å². The normalized spacial score (nSPS) is 11.9. The number of hydrogen-bond donors (Lipinski definition) is 0. The Hall–Kier alpha value is -4.66. The van der Waals surface area contributed by atoms with Gasteiger partial charge in [-0.1, -0.05) is 0 Å². The summed E-state index contributed by atoms with van der Waals surface area (Å²) in [7, 11) is 0. The monoisotopic (exact) mass is 700 g/mol. The van der Waals surface area contributed by atoms with E-state index in [1.807, 2.05) is 36.4 Å². The minimum absolute atomic E-state index is 0.598. The first-order chi connectivity index (χ1) is 22.6. The minimum atomic E-state index is 0.598. The summed E-state index contributed by atoms with van der Waals surface area (Å²) in [4.78, 5) is 17.8. The zero-order valence-electron chi connectivity index (χ0n) is 23.0. The molecule has 0 bridgehead atoms. The molecule has 0 unspecified atom stereocenters. The van der Waals surface area contributed by atoms with Crippen LogP contribution in [-0.4, -0.2) is 9.97 Å². The third kappa shape index (κ3) is 4.20. The Labute approximate surface area is 282 Å². The van der Waals surface area contributed by atoms with Crippen molar-refractivity contribution in [1.29, 1.82) is 10.5 Å². The van der Waals surface area contributed by atoms with Crippen molar-refractivity contribution in [2.75, 3.05) is 0 Å². The molecule has 8 aromatic heterocycles. The molecule has 6 nitrogen and oxygen atoms in total. The summed E-state index contributed by atoms with van der Waals surface area (Å²) in [5, 5.41) is 20.4. The summed E-state index contributed by atoms with van der Waals surface area (Å²) in [5.41, 5.74) is 3.03. The smallest absolute Gasteiger partial charge is 0.237 e. The largest absolute Gasteiger partial charge is 0.435 e. The van der Waals surface area contributed by atoms with E-state index >= 15 is 0 Å². The zero-order valence-corrected chi connectivity index (χ0v) is 27.9. The van der Waals surface area contributed by atoms with Gasteiger partial charge in [0.05, 0.1) is 9.75 Å². The predicted molar refractivity (Wildman–Crippen MR) is 193 cm³/mol. The number of oxazole rings is 2. The van der Waals surface area contributed by atoms with Crippen LogP contribution in [-0.2, 0) is 0 Å². The quantitative estimate of drug-likeness (QED) is 0.181. The van der Waals surface area contributed by atoms with Gasteiger partial charge in [-0.25, -0.2) is 9.97 Å². The maximum absolute atomic E-state index is 9.18. The third-order valence-electron chi connectivity index (χ3n) is 7.61. The van der Waals surface area contributed by atoms with Gasteiger partial charge in [0.15, 0.2) is 11.2 Å². The molecule has 12 heteroatoms. The fourth-order valence-electron chi connectivity index (χ4n) is 5.50. The summed E-state index contributed by atoms with van der Waals surface area (Å²) in [6, 6.07) is 29.1. The standard InChI is InChI=1S/C34H12N4O2S6/c35-13-17-9-27-31(41-17)11-29(45-27)23-1-3-25(43-23)33-37-19-5-15-8-22-20(6-16(15)7-21(19)39-33)38-34(40-22)26-4-2-24(44-26)30-12-32-28(46-30)10-18(14-36)42-32/h1-12H. The Morgan fingerprint density at radius 2 is 0.891 bits per heavy atom. The van der Waals surface area contributed by atoms with Crippen molar-refractivity contribution in [2.45, 2.75) is 0 Å². The Bertz CT molecular complexity index is 2590. The van der Waals surface area contributed by atoms with Crippen molar-refractivity contribution in [1.82, 2.24) is 9.97 Å². The van der Waals surface area contributed by atoms with Crippen molar-refractivity contribution in [3.63, 3.8) is 0 Å². The number of nitrogens with zero attached hydrogens (tertiary/aromatic N) is 4. The summed E-state index contributed by atoms with van der Waals surface area (Å²) in [6.45, 7) is 0. The molecule has 0 atom stereocenters. The molecule has 8 heterocycles. The van der Waals surface area contributed by atoms with Crippen molar-refractivity contribution in [2.24, 2.45) is 0 Å². The average molecular weight is 701 g/mol. The molecule has 0 saturated carbocycles. The first kappa shape index (κ1) is 26.5. The van der Waals surface area contributed by atoms with E-state index in [0.717, 1.165) is 81.0 Å². The van der Waals surface area contributed by atoms with Crippen LogP contribution in [0.1, 0.15) is 9.75 Å². The van der Waals surface area contributed by atoms with Crippen LogP contribution < -0.4 is 0 Å². The van der Waals surface area contributed by atoms with Crippen molar-refractivity contribution >= 4 is 120 Å². The lowest BCUT2D eigenvalue weighted by Crippen LogP contribution is -1.76. The van der Waals surface area contributed by atoms with Crippen LogP contribution >= 0.6 is 68.0 Å². The van der Waals surface area contributed by atoms with E-state index in [1.165, 1.54) is 32.4 Å². The van der Waals surface area contributed by atoms with E-state index < -0.39 is 0 Å². The molecular weight excluding hydrogens is 689 g/mol. The maximum Gasteiger partial charge on any atom is 0.237 e. The van der Waals surface area contributed by atoms with Gasteiger partial charge in [0, 0.05) is 38.3 Å². The molecule has 0 aliphatic carbocycles. The number of hydrogen-bond acceptors (Lipinski definition) is 12. The third-order valence-corrected chi connectivity index (χ3v) is 14.5. The first-order valence-corrected chi connectivity index (χ1v) is 18.7. The topological polar surface area (TPSA) is 99.6 Å². The second-order valence-corrected chi connectivity index (χ2v) is 17.0. The van der Waals surface area contributed by atoms with Crippen LogP contribution in [0, 0.1) is 22.7 Å². The summed E-state index contributed by atoms with van der Waals surface area (Å²) in [5.74, 6) is 1.20. The van der Waals surface area contributed by atoms with E-state index in [-0.39, 0.29) is 0 Å². The first-order valence-electron chi connectivity index (χ1n) is 13.8. The van der Waals surface area contributed by atoms with E-state index in [2.05, 4.69) is 48.5 Å². The van der Waals surface area contributed by atoms with E-state index in [1.54, 1.807) is 45.3 Å². The molecule has 216 valence electrons. The van der Waals surface area contributed by atoms with Crippen LogP contribution in [0.4, 0.5) is 0 Å². The number of thiophene rings is 6. The van der Waals surface area contributed by atoms with Gasteiger partial charge in [0.25, 0.3) is 0 Å². The Kier molecular flexibility index (Phi) is 5.72. The molecule has 0 saturated heterocycles. The Balaban J connectivity index is 0.957. The molecule has 0 spiro atoms. The lowest BCUT2D eigenvalue weighted by Gasteiger charge is -1.96. The van der Waals surface area contributed by atoms with Gasteiger partial charge in [-0.05, 0) is 83.6 Å². The van der Waals surface area contributed by atoms with Gasteiger partial charge in [-0.3, -0.25) is 0 Å². The second kappa shape index (κ2) is 9.92. The highest BCUT2D eigenvalue weighted by molar-refractivity contribution is 7.32. The van der Waals surface area contributed by atoms with Crippen molar-refractivity contribution in [3.05, 3.63) is 82.6 Å². The highest BCUT2D eigenvalue weighted by Gasteiger charge is 2.18. The van der Waals surface area contributed by atoms with Crippen LogP contribution in [0.3, 0.4) is 0 Å². The average Bonchev–Trinajstić information content (AvgIpc) is 3.88. The summed E-state index contributed by atoms with van der Waals surface area (Å²) >= 11 is 9.76. The van der Waals surface area contributed by atoms with Gasteiger partial charge in [-0.2, -0.15) is 10.5 Å². The lowest BCUT2D eigenvalue weighted by molar-refractivity contribution is 0.621. The Morgan fingerprint density at radius 1 is 0.457 bits per heavy atom. The Morgan fingerprint density at radius 3 is 1.33 bits per heavy atom. The van der Waals surface area contributed by atoms with E-state index in [4.69, 9.17) is 18.8 Å². The van der Waals surface area contributed by atoms with Gasteiger partial charge >= 0.3 is 0 Å².